The maximum atomic E-state index is 12.5. The Morgan fingerprint density at radius 2 is 2.00 bits per heavy atom. The number of amides is 1. The third-order valence-corrected chi connectivity index (χ3v) is 4.71. The number of nitrogens with one attached hydrogen (secondary N) is 1. The highest BCUT2D eigenvalue weighted by atomic mass is 79.9. The molecule has 1 N–H and O–H groups in total. The van der Waals surface area contributed by atoms with Crippen molar-refractivity contribution in [1.29, 1.82) is 0 Å². The number of rotatable bonds is 4. The van der Waals surface area contributed by atoms with Crippen LogP contribution in [0.1, 0.15) is 18.4 Å². The van der Waals surface area contributed by atoms with E-state index in [4.69, 9.17) is 0 Å². The fraction of sp³-hybridized carbons (Fsp3) is 0.316. The van der Waals surface area contributed by atoms with E-state index in [1.54, 1.807) is 0 Å². The van der Waals surface area contributed by atoms with Crippen LogP contribution in [-0.2, 0) is 11.3 Å². The molecular weight excluding hydrogens is 352 g/mol. The lowest BCUT2D eigenvalue weighted by atomic mass is 9.96. The zero-order valence-electron chi connectivity index (χ0n) is 13.0. The van der Waals surface area contributed by atoms with Crippen molar-refractivity contribution in [1.82, 2.24) is 4.90 Å². The van der Waals surface area contributed by atoms with Crippen LogP contribution in [0.3, 0.4) is 0 Å². The third kappa shape index (κ3) is 4.66. The summed E-state index contributed by atoms with van der Waals surface area (Å²) in [6.07, 6.45) is 2.04. The molecule has 0 radical (unpaired) electrons. The summed E-state index contributed by atoms with van der Waals surface area (Å²) in [6.45, 7) is 2.81. The van der Waals surface area contributed by atoms with Gasteiger partial charge in [0.15, 0.2) is 0 Å². The number of piperidine rings is 1. The first-order valence-corrected chi connectivity index (χ1v) is 8.83. The predicted molar refractivity (Wildman–Crippen MR) is 97.2 cm³/mol. The molecule has 1 atom stereocenters. The van der Waals surface area contributed by atoms with Crippen molar-refractivity contribution in [3.63, 3.8) is 0 Å². The summed E-state index contributed by atoms with van der Waals surface area (Å²) in [5.74, 6) is 0.187. The Kier molecular flexibility index (Phi) is 5.47. The molecule has 1 saturated heterocycles. The molecule has 1 amide bonds. The minimum Gasteiger partial charge on any atom is -0.326 e. The Balaban J connectivity index is 1.58. The maximum absolute atomic E-state index is 12.5. The number of carbonyl (C=O) groups is 1. The lowest BCUT2D eigenvalue weighted by molar-refractivity contribution is -0.121. The first-order chi connectivity index (χ1) is 11.2. The summed E-state index contributed by atoms with van der Waals surface area (Å²) >= 11 is 3.44. The quantitative estimate of drug-likeness (QED) is 0.867. The van der Waals surface area contributed by atoms with Gasteiger partial charge < -0.3 is 5.32 Å². The molecule has 3 nitrogen and oxygen atoms in total. The summed E-state index contributed by atoms with van der Waals surface area (Å²) in [6, 6.07) is 18.2. The maximum Gasteiger partial charge on any atom is 0.228 e. The fourth-order valence-corrected chi connectivity index (χ4v) is 3.46. The van der Waals surface area contributed by atoms with Gasteiger partial charge in [0, 0.05) is 23.2 Å². The SMILES string of the molecule is O=C(Nc1cccc(Br)c1)[C@@H]1CCCN(Cc2ccccc2)C1. The Hall–Kier alpha value is -1.65. The molecule has 1 fully saturated rings. The van der Waals surface area contributed by atoms with Crippen LogP contribution in [-0.4, -0.2) is 23.9 Å². The van der Waals surface area contributed by atoms with E-state index in [9.17, 15) is 4.79 Å². The van der Waals surface area contributed by atoms with Gasteiger partial charge in [-0.05, 0) is 43.1 Å². The van der Waals surface area contributed by atoms with Gasteiger partial charge in [-0.15, -0.1) is 0 Å². The molecule has 0 unspecified atom stereocenters. The number of hydrogen-bond donors (Lipinski definition) is 1. The molecule has 23 heavy (non-hydrogen) atoms. The molecule has 0 aliphatic carbocycles. The van der Waals surface area contributed by atoms with Crippen molar-refractivity contribution < 1.29 is 4.79 Å². The molecule has 1 heterocycles. The van der Waals surface area contributed by atoms with E-state index in [0.717, 1.165) is 42.6 Å². The standard InChI is InChI=1S/C19H21BrN2O/c20-17-9-4-10-18(12-17)21-19(23)16-8-5-11-22(14-16)13-15-6-2-1-3-7-15/h1-4,6-7,9-10,12,16H,5,8,11,13-14H2,(H,21,23)/t16-/m1/s1. The highest BCUT2D eigenvalue weighted by Gasteiger charge is 2.25. The summed E-state index contributed by atoms with van der Waals surface area (Å²) in [5, 5.41) is 3.04. The zero-order chi connectivity index (χ0) is 16.1. The average Bonchev–Trinajstić information content (AvgIpc) is 2.56. The molecule has 2 aromatic rings. The number of likely N-dealkylation sites (tertiary alicyclic amines) is 1. The average molecular weight is 373 g/mol. The molecule has 0 spiro atoms. The Morgan fingerprint density at radius 1 is 1.17 bits per heavy atom. The number of hydrogen-bond acceptors (Lipinski definition) is 2. The summed E-state index contributed by atoms with van der Waals surface area (Å²) < 4.78 is 0.977. The smallest absolute Gasteiger partial charge is 0.228 e. The van der Waals surface area contributed by atoms with Gasteiger partial charge in [-0.25, -0.2) is 0 Å². The summed E-state index contributed by atoms with van der Waals surface area (Å²) in [7, 11) is 0. The number of anilines is 1. The van der Waals surface area contributed by atoms with Crippen molar-refractivity contribution >= 4 is 27.5 Å². The van der Waals surface area contributed by atoms with Crippen LogP contribution in [0, 0.1) is 5.92 Å². The molecule has 120 valence electrons. The van der Waals surface area contributed by atoms with Crippen molar-refractivity contribution in [2.75, 3.05) is 18.4 Å². The van der Waals surface area contributed by atoms with Gasteiger partial charge in [0.2, 0.25) is 5.91 Å². The molecule has 4 heteroatoms. The molecule has 0 aromatic heterocycles. The van der Waals surface area contributed by atoms with Crippen molar-refractivity contribution in [3.8, 4) is 0 Å². The molecule has 2 aromatic carbocycles. The Morgan fingerprint density at radius 3 is 2.78 bits per heavy atom. The van der Waals surface area contributed by atoms with Gasteiger partial charge in [-0.3, -0.25) is 9.69 Å². The molecule has 1 aliphatic rings. The molecular formula is C19H21BrN2O. The minimum atomic E-state index is 0.0615. The van der Waals surface area contributed by atoms with Gasteiger partial charge in [0.05, 0.1) is 5.92 Å². The van der Waals surface area contributed by atoms with Gasteiger partial charge in [0.1, 0.15) is 0 Å². The molecule has 1 aliphatic heterocycles. The van der Waals surface area contributed by atoms with Crippen molar-refractivity contribution in [3.05, 3.63) is 64.6 Å². The van der Waals surface area contributed by atoms with Crippen LogP contribution in [0.15, 0.2) is 59.1 Å². The van der Waals surface area contributed by atoms with E-state index < -0.39 is 0 Å². The third-order valence-electron chi connectivity index (χ3n) is 4.22. The number of halogens is 1. The monoisotopic (exact) mass is 372 g/mol. The lowest BCUT2D eigenvalue weighted by Gasteiger charge is -2.32. The molecule has 3 rings (SSSR count). The van der Waals surface area contributed by atoms with E-state index in [1.807, 2.05) is 30.3 Å². The van der Waals surface area contributed by atoms with Crippen LogP contribution in [0.25, 0.3) is 0 Å². The van der Waals surface area contributed by atoms with Gasteiger partial charge in [-0.2, -0.15) is 0 Å². The van der Waals surface area contributed by atoms with Crippen molar-refractivity contribution in [2.24, 2.45) is 5.92 Å². The normalized spacial score (nSPS) is 18.6. The number of carbonyl (C=O) groups excluding carboxylic acids is 1. The largest absolute Gasteiger partial charge is 0.326 e. The molecule has 0 saturated carbocycles. The predicted octanol–water partition coefficient (Wildman–Crippen LogP) is 4.30. The number of benzene rings is 2. The minimum absolute atomic E-state index is 0.0615. The van der Waals surface area contributed by atoms with E-state index in [-0.39, 0.29) is 11.8 Å². The Bertz CT molecular complexity index is 659. The highest BCUT2D eigenvalue weighted by Crippen LogP contribution is 2.21. The molecule has 0 bridgehead atoms. The second-order valence-corrected chi connectivity index (χ2v) is 6.98. The van der Waals surface area contributed by atoms with Crippen molar-refractivity contribution in [2.45, 2.75) is 19.4 Å². The van der Waals surface area contributed by atoms with E-state index in [2.05, 4.69) is 50.4 Å². The highest BCUT2D eigenvalue weighted by molar-refractivity contribution is 9.10. The van der Waals surface area contributed by atoms with Gasteiger partial charge >= 0.3 is 0 Å². The van der Waals surface area contributed by atoms with E-state index in [1.165, 1.54) is 5.56 Å². The summed E-state index contributed by atoms with van der Waals surface area (Å²) in [4.78, 5) is 14.9. The summed E-state index contributed by atoms with van der Waals surface area (Å²) in [5.41, 5.74) is 2.16. The first kappa shape index (κ1) is 16.2. The van der Waals surface area contributed by atoms with Crippen LogP contribution >= 0.6 is 15.9 Å². The second kappa shape index (κ2) is 7.75. The van der Waals surface area contributed by atoms with E-state index in [0.29, 0.717) is 0 Å². The van der Waals surface area contributed by atoms with Crippen LogP contribution in [0.2, 0.25) is 0 Å². The number of nitrogens with zero attached hydrogens (tertiary/aromatic N) is 1. The van der Waals surface area contributed by atoms with Gasteiger partial charge in [-0.1, -0.05) is 52.3 Å². The second-order valence-electron chi connectivity index (χ2n) is 6.06. The zero-order valence-corrected chi connectivity index (χ0v) is 14.6. The van der Waals surface area contributed by atoms with E-state index >= 15 is 0 Å². The lowest BCUT2D eigenvalue weighted by Crippen LogP contribution is -2.40. The van der Waals surface area contributed by atoms with Crippen LogP contribution in [0.5, 0.6) is 0 Å². The first-order valence-electron chi connectivity index (χ1n) is 8.03. The Labute approximate surface area is 145 Å². The topological polar surface area (TPSA) is 32.3 Å². The fourth-order valence-electron chi connectivity index (χ4n) is 3.07. The van der Waals surface area contributed by atoms with Gasteiger partial charge in [0.25, 0.3) is 0 Å². The van der Waals surface area contributed by atoms with Crippen LogP contribution in [0.4, 0.5) is 5.69 Å². The van der Waals surface area contributed by atoms with Crippen LogP contribution < -0.4 is 5.32 Å².